The fourth-order valence-corrected chi connectivity index (χ4v) is 1.79. The molecule has 0 spiro atoms. The number of aliphatic hydroxyl groups excluding tert-OH is 1. The molecule has 2 atom stereocenters. The van der Waals surface area contributed by atoms with Crippen LogP contribution >= 0.6 is 11.8 Å². The molecule has 0 bridgehead atoms. The molecule has 2 N–H and O–H groups in total. The van der Waals surface area contributed by atoms with Crippen LogP contribution in [0.3, 0.4) is 0 Å². The SMILES string of the molecule is CCCCOCC(O)CNC(C)CSC. The Balaban J connectivity index is 3.28. The number of hydrogen-bond acceptors (Lipinski definition) is 4. The van der Waals surface area contributed by atoms with E-state index in [1.54, 1.807) is 0 Å². The fraction of sp³-hybridized carbons (Fsp3) is 1.00. The Kier molecular flexibility index (Phi) is 10.9. The van der Waals surface area contributed by atoms with Gasteiger partial charge in [-0.1, -0.05) is 13.3 Å². The Bertz CT molecular complexity index is 136. The first-order chi connectivity index (χ1) is 7.20. The first kappa shape index (κ1) is 15.2. The molecular weight excluding hydrogens is 210 g/mol. The predicted octanol–water partition coefficient (Wildman–Crippen LogP) is 1.51. The van der Waals surface area contributed by atoms with E-state index in [4.69, 9.17) is 4.74 Å². The van der Waals surface area contributed by atoms with E-state index >= 15 is 0 Å². The molecule has 0 saturated heterocycles. The third-order valence-electron chi connectivity index (χ3n) is 2.07. The van der Waals surface area contributed by atoms with Crippen LogP contribution in [0.15, 0.2) is 0 Å². The van der Waals surface area contributed by atoms with Gasteiger partial charge in [-0.3, -0.25) is 0 Å². The van der Waals surface area contributed by atoms with Crippen molar-refractivity contribution in [2.24, 2.45) is 0 Å². The lowest BCUT2D eigenvalue weighted by Gasteiger charge is -2.16. The Morgan fingerprint density at radius 2 is 2.20 bits per heavy atom. The molecule has 0 fully saturated rings. The van der Waals surface area contributed by atoms with Gasteiger partial charge in [0.05, 0.1) is 12.7 Å². The van der Waals surface area contributed by atoms with Gasteiger partial charge in [-0.25, -0.2) is 0 Å². The number of hydrogen-bond donors (Lipinski definition) is 2. The summed E-state index contributed by atoms with van der Waals surface area (Å²) in [6, 6.07) is 0.449. The van der Waals surface area contributed by atoms with E-state index in [2.05, 4.69) is 25.4 Å². The van der Waals surface area contributed by atoms with Crippen LogP contribution in [0.5, 0.6) is 0 Å². The summed E-state index contributed by atoms with van der Waals surface area (Å²) in [7, 11) is 0. The number of aliphatic hydroxyl groups is 1. The molecule has 92 valence electrons. The number of unbranched alkanes of at least 4 members (excludes halogenated alkanes) is 1. The van der Waals surface area contributed by atoms with Crippen LogP contribution in [-0.4, -0.2) is 49.0 Å². The molecule has 0 aliphatic carbocycles. The van der Waals surface area contributed by atoms with Gasteiger partial charge < -0.3 is 15.2 Å². The fourth-order valence-electron chi connectivity index (χ4n) is 1.17. The highest BCUT2D eigenvalue weighted by molar-refractivity contribution is 7.98. The average Bonchev–Trinajstić information content (AvgIpc) is 2.22. The molecule has 0 radical (unpaired) electrons. The van der Waals surface area contributed by atoms with Gasteiger partial charge in [-0.2, -0.15) is 11.8 Å². The summed E-state index contributed by atoms with van der Waals surface area (Å²) in [6.45, 7) is 6.08. The summed E-state index contributed by atoms with van der Waals surface area (Å²) in [4.78, 5) is 0. The minimum Gasteiger partial charge on any atom is -0.389 e. The van der Waals surface area contributed by atoms with Crippen molar-refractivity contribution in [2.75, 3.05) is 31.8 Å². The molecule has 0 aromatic carbocycles. The monoisotopic (exact) mass is 235 g/mol. The molecule has 4 heteroatoms. The molecule has 0 aromatic heterocycles. The van der Waals surface area contributed by atoms with Gasteiger partial charge in [0.2, 0.25) is 0 Å². The summed E-state index contributed by atoms with van der Waals surface area (Å²) in [5.41, 5.74) is 0. The van der Waals surface area contributed by atoms with Gasteiger partial charge in [0, 0.05) is 24.9 Å². The van der Waals surface area contributed by atoms with Crippen molar-refractivity contribution in [3.05, 3.63) is 0 Å². The molecule has 0 aliphatic heterocycles. The lowest BCUT2D eigenvalue weighted by atomic mass is 10.3. The van der Waals surface area contributed by atoms with Gasteiger partial charge in [-0.15, -0.1) is 0 Å². The smallest absolute Gasteiger partial charge is 0.0897 e. The van der Waals surface area contributed by atoms with Crippen LogP contribution in [0.1, 0.15) is 26.7 Å². The van der Waals surface area contributed by atoms with E-state index in [1.807, 2.05) is 11.8 Å². The highest BCUT2D eigenvalue weighted by atomic mass is 32.2. The maximum Gasteiger partial charge on any atom is 0.0897 e. The molecule has 0 amide bonds. The van der Waals surface area contributed by atoms with Gasteiger partial charge in [0.1, 0.15) is 0 Å². The third kappa shape index (κ3) is 10.5. The lowest BCUT2D eigenvalue weighted by Crippen LogP contribution is -2.37. The van der Waals surface area contributed by atoms with Gasteiger partial charge >= 0.3 is 0 Å². The molecule has 0 aliphatic rings. The van der Waals surface area contributed by atoms with Crippen LogP contribution in [0, 0.1) is 0 Å². The molecular formula is C11H25NO2S. The van der Waals surface area contributed by atoms with Crippen molar-refractivity contribution >= 4 is 11.8 Å². The largest absolute Gasteiger partial charge is 0.389 e. The molecule has 0 heterocycles. The van der Waals surface area contributed by atoms with Crippen molar-refractivity contribution < 1.29 is 9.84 Å². The van der Waals surface area contributed by atoms with Crippen LogP contribution in [0.25, 0.3) is 0 Å². The molecule has 2 unspecified atom stereocenters. The van der Waals surface area contributed by atoms with Crippen LogP contribution in [-0.2, 0) is 4.74 Å². The zero-order valence-corrected chi connectivity index (χ0v) is 11.0. The maximum absolute atomic E-state index is 9.57. The number of thioether (sulfide) groups is 1. The second-order valence-corrected chi connectivity index (χ2v) is 4.76. The van der Waals surface area contributed by atoms with Crippen molar-refractivity contribution in [1.29, 1.82) is 0 Å². The van der Waals surface area contributed by atoms with Crippen LogP contribution < -0.4 is 5.32 Å². The Hall–Kier alpha value is 0.230. The highest BCUT2D eigenvalue weighted by Gasteiger charge is 2.06. The van der Waals surface area contributed by atoms with E-state index in [9.17, 15) is 5.11 Å². The zero-order chi connectivity index (χ0) is 11.5. The van der Waals surface area contributed by atoms with Crippen molar-refractivity contribution in [3.63, 3.8) is 0 Å². The number of nitrogens with one attached hydrogen (secondary N) is 1. The third-order valence-corrected chi connectivity index (χ3v) is 2.90. The quantitative estimate of drug-likeness (QED) is 0.563. The van der Waals surface area contributed by atoms with Crippen molar-refractivity contribution in [1.82, 2.24) is 5.32 Å². The first-order valence-electron chi connectivity index (χ1n) is 5.68. The Morgan fingerprint density at radius 3 is 2.80 bits per heavy atom. The highest BCUT2D eigenvalue weighted by Crippen LogP contribution is 1.96. The Morgan fingerprint density at radius 1 is 1.47 bits per heavy atom. The van der Waals surface area contributed by atoms with Crippen LogP contribution in [0.4, 0.5) is 0 Å². The second-order valence-electron chi connectivity index (χ2n) is 3.85. The van der Waals surface area contributed by atoms with E-state index in [1.165, 1.54) is 0 Å². The summed E-state index contributed by atoms with van der Waals surface area (Å²) in [6.07, 6.45) is 3.91. The predicted molar refractivity (Wildman–Crippen MR) is 67.6 cm³/mol. The van der Waals surface area contributed by atoms with E-state index < -0.39 is 0 Å². The molecule has 0 aromatic rings. The second kappa shape index (κ2) is 10.7. The van der Waals surface area contributed by atoms with Gasteiger partial charge in [0.15, 0.2) is 0 Å². The Labute approximate surface area is 98.0 Å². The van der Waals surface area contributed by atoms with Gasteiger partial charge in [-0.05, 0) is 19.6 Å². The average molecular weight is 235 g/mol. The molecule has 0 saturated carbocycles. The number of rotatable bonds is 10. The lowest BCUT2D eigenvalue weighted by molar-refractivity contribution is 0.0351. The first-order valence-corrected chi connectivity index (χ1v) is 7.08. The summed E-state index contributed by atoms with van der Waals surface area (Å²) < 4.78 is 5.33. The van der Waals surface area contributed by atoms with E-state index in [0.717, 1.165) is 25.2 Å². The zero-order valence-electron chi connectivity index (χ0n) is 10.2. The summed E-state index contributed by atoms with van der Waals surface area (Å²) in [5, 5.41) is 12.8. The maximum atomic E-state index is 9.57. The number of ether oxygens (including phenoxy) is 1. The van der Waals surface area contributed by atoms with Crippen molar-refractivity contribution in [2.45, 2.75) is 38.8 Å². The molecule has 0 rings (SSSR count). The summed E-state index contributed by atoms with van der Waals surface area (Å²) in [5.74, 6) is 1.07. The topological polar surface area (TPSA) is 41.5 Å². The van der Waals surface area contributed by atoms with E-state index in [-0.39, 0.29) is 6.10 Å². The van der Waals surface area contributed by atoms with Gasteiger partial charge in [0.25, 0.3) is 0 Å². The van der Waals surface area contributed by atoms with E-state index in [0.29, 0.717) is 19.2 Å². The minimum atomic E-state index is -0.383. The summed E-state index contributed by atoms with van der Waals surface area (Å²) >= 11 is 1.81. The normalized spacial score (nSPS) is 15.2. The molecule has 15 heavy (non-hydrogen) atoms. The van der Waals surface area contributed by atoms with Crippen LogP contribution in [0.2, 0.25) is 0 Å². The minimum absolute atomic E-state index is 0.383. The standard InChI is InChI=1S/C11H25NO2S/c1-4-5-6-14-8-11(13)7-12-10(2)9-15-3/h10-13H,4-9H2,1-3H3. The molecule has 3 nitrogen and oxygen atoms in total. The van der Waals surface area contributed by atoms with Crippen molar-refractivity contribution in [3.8, 4) is 0 Å².